The van der Waals surface area contributed by atoms with Crippen LogP contribution in [0, 0.1) is 19.8 Å². The Bertz CT molecular complexity index is 1190. The Balaban J connectivity index is 1.49. The highest BCUT2D eigenvalue weighted by atomic mass is 32.2. The van der Waals surface area contributed by atoms with Crippen molar-refractivity contribution < 1.29 is 18.0 Å². The first-order chi connectivity index (χ1) is 15.1. The lowest BCUT2D eigenvalue weighted by atomic mass is 10.1. The van der Waals surface area contributed by atoms with Gasteiger partial charge in [0.1, 0.15) is 0 Å². The summed E-state index contributed by atoms with van der Waals surface area (Å²) in [5, 5.41) is 2.80. The molecule has 1 N–H and O–H groups in total. The summed E-state index contributed by atoms with van der Waals surface area (Å²) >= 11 is 0. The predicted molar refractivity (Wildman–Crippen MR) is 124 cm³/mol. The van der Waals surface area contributed by atoms with E-state index in [4.69, 9.17) is 0 Å². The molecule has 0 bridgehead atoms. The standard InChI is InChI=1S/C24H29N3O4S/c1-15-6-5-7-21(17(15)3)25-23(28)14-26(4)32(30,31)20-10-11-22-19(13-20)12-16(2)27(22)24(29)18-8-9-18/h5-7,10-11,13,16,18H,8-9,12,14H2,1-4H3,(H,25,28). The average molecular weight is 456 g/mol. The van der Waals surface area contributed by atoms with Crippen molar-refractivity contribution >= 4 is 33.2 Å². The predicted octanol–water partition coefficient (Wildman–Crippen LogP) is 3.25. The Hall–Kier alpha value is -2.71. The van der Waals surface area contributed by atoms with Crippen molar-refractivity contribution in [1.29, 1.82) is 0 Å². The first-order valence-electron chi connectivity index (χ1n) is 10.9. The summed E-state index contributed by atoms with van der Waals surface area (Å²) in [6.45, 7) is 5.55. The number of nitrogens with zero attached hydrogens (tertiary/aromatic N) is 2. The summed E-state index contributed by atoms with van der Waals surface area (Å²) in [5.41, 5.74) is 4.31. The van der Waals surface area contributed by atoms with Crippen molar-refractivity contribution in [1.82, 2.24) is 4.31 Å². The zero-order chi connectivity index (χ0) is 23.2. The number of aryl methyl sites for hydroxylation is 1. The van der Waals surface area contributed by atoms with Crippen molar-refractivity contribution in [3.63, 3.8) is 0 Å². The second kappa shape index (κ2) is 8.33. The average Bonchev–Trinajstić information content (AvgIpc) is 3.52. The fraction of sp³-hybridized carbons (Fsp3) is 0.417. The number of sulfonamides is 1. The van der Waals surface area contributed by atoms with Crippen LogP contribution in [0.4, 0.5) is 11.4 Å². The van der Waals surface area contributed by atoms with E-state index in [0.29, 0.717) is 12.1 Å². The van der Waals surface area contributed by atoms with Crippen molar-refractivity contribution in [2.24, 2.45) is 5.92 Å². The van der Waals surface area contributed by atoms with Crippen LogP contribution in [-0.2, 0) is 26.0 Å². The fourth-order valence-corrected chi connectivity index (χ4v) is 5.35. The number of hydrogen-bond donors (Lipinski definition) is 1. The van der Waals surface area contributed by atoms with Gasteiger partial charge in [-0.25, -0.2) is 8.42 Å². The van der Waals surface area contributed by atoms with Gasteiger partial charge in [-0.1, -0.05) is 12.1 Å². The van der Waals surface area contributed by atoms with Gasteiger partial charge in [0.15, 0.2) is 0 Å². The zero-order valence-electron chi connectivity index (χ0n) is 18.9. The van der Waals surface area contributed by atoms with E-state index in [-0.39, 0.29) is 29.3 Å². The second-order valence-electron chi connectivity index (χ2n) is 8.88. The first kappa shape index (κ1) is 22.5. The largest absolute Gasteiger partial charge is 0.325 e. The first-order valence-corrected chi connectivity index (χ1v) is 12.3. The Morgan fingerprint density at radius 3 is 2.56 bits per heavy atom. The van der Waals surface area contributed by atoms with E-state index in [0.717, 1.165) is 39.5 Å². The smallest absolute Gasteiger partial charge is 0.243 e. The highest BCUT2D eigenvalue weighted by Crippen LogP contribution is 2.39. The van der Waals surface area contributed by atoms with Gasteiger partial charge in [-0.2, -0.15) is 4.31 Å². The summed E-state index contributed by atoms with van der Waals surface area (Å²) < 4.78 is 27.3. The maximum Gasteiger partial charge on any atom is 0.243 e. The molecule has 1 aliphatic heterocycles. The van der Waals surface area contributed by atoms with Gasteiger partial charge in [0, 0.05) is 30.4 Å². The monoisotopic (exact) mass is 455 g/mol. The van der Waals surface area contributed by atoms with Gasteiger partial charge < -0.3 is 10.2 Å². The minimum atomic E-state index is -3.86. The third kappa shape index (κ3) is 4.17. The number of rotatable bonds is 6. The number of nitrogens with one attached hydrogen (secondary N) is 1. The number of hydrogen-bond acceptors (Lipinski definition) is 4. The molecular formula is C24H29N3O4S. The maximum atomic E-state index is 13.1. The van der Waals surface area contributed by atoms with Gasteiger partial charge in [-0.3, -0.25) is 9.59 Å². The van der Waals surface area contributed by atoms with Crippen molar-refractivity contribution in [3.05, 3.63) is 53.1 Å². The molecule has 170 valence electrons. The molecular weight excluding hydrogens is 426 g/mol. The molecule has 4 rings (SSSR count). The summed E-state index contributed by atoms with van der Waals surface area (Å²) in [6, 6.07) is 10.5. The number of fused-ring (bicyclic) bond motifs is 1. The van der Waals surface area contributed by atoms with Crippen LogP contribution in [0.5, 0.6) is 0 Å². The van der Waals surface area contributed by atoms with E-state index in [1.807, 2.05) is 37.8 Å². The molecule has 1 fully saturated rings. The van der Waals surface area contributed by atoms with Crippen LogP contribution < -0.4 is 10.2 Å². The molecule has 1 aliphatic carbocycles. The van der Waals surface area contributed by atoms with E-state index in [9.17, 15) is 18.0 Å². The topological polar surface area (TPSA) is 86.8 Å². The molecule has 1 heterocycles. The van der Waals surface area contributed by atoms with Crippen LogP contribution in [0.15, 0.2) is 41.3 Å². The lowest BCUT2D eigenvalue weighted by Crippen LogP contribution is -2.36. The Kier molecular flexibility index (Phi) is 5.85. The van der Waals surface area contributed by atoms with Crippen LogP contribution >= 0.6 is 0 Å². The van der Waals surface area contributed by atoms with Gasteiger partial charge in [-0.05, 0) is 81.0 Å². The molecule has 32 heavy (non-hydrogen) atoms. The summed E-state index contributed by atoms with van der Waals surface area (Å²) in [5.74, 6) is -0.165. The maximum absolute atomic E-state index is 13.1. The molecule has 0 spiro atoms. The molecule has 8 heteroatoms. The second-order valence-corrected chi connectivity index (χ2v) is 10.9. The van der Waals surface area contributed by atoms with Crippen LogP contribution in [0.3, 0.4) is 0 Å². The molecule has 2 aromatic rings. The van der Waals surface area contributed by atoms with E-state index < -0.39 is 15.9 Å². The van der Waals surface area contributed by atoms with Gasteiger partial charge in [0.25, 0.3) is 0 Å². The number of anilines is 2. The number of benzene rings is 2. The summed E-state index contributed by atoms with van der Waals surface area (Å²) in [7, 11) is -2.46. The highest BCUT2D eigenvalue weighted by molar-refractivity contribution is 7.89. The zero-order valence-corrected chi connectivity index (χ0v) is 19.7. The van der Waals surface area contributed by atoms with Gasteiger partial charge in [0.2, 0.25) is 21.8 Å². The number of likely N-dealkylation sites (N-methyl/N-ethyl adjacent to an activating group) is 1. The Morgan fingerprint density at radius 1 is 1.16 bits per heavy atom. The molecule has 0 radical (unpaired) electrons. The molecule has 2 aliphatic rings. The lowest BCUT2D eigenvalue weighted by Gasteiger charge is -2.23. The van der Waals surface area contributed by atoms with E-state index in [1.54, 1.807) is 18.2 Å². The number of amides is 2. The van der Waals surface area contributed by atoms with Crippen molar-refractivity contribution in [3.8, 4) is 0 Å². The highest BCUT2D eigenvalue weighted by Gasteiger charge is 2.40. The van der Waals surface area contributed by atoms with E-state index in [1.165, 1.54) is 13.1 Å². The quantitative estimate of drug-likeness (QED) is 0.724. The molecule has 1 unspecified atom stereocenters. The number of carbonyl (C=O) groups excluding carboxylic acids is 2. The van der Waals surface area contributed by atoms with Crippen molar-refractivity contribution in [2.45, 2.75) is 51.0 Å². The van der Waals surface area contributed by atoms with Crippen LogP contribution in [0.2, 0.25) is 0 Å². The van der Waals surface area contributed by atoms with Crippen LogP contribution in [-0.4, -0.2) is 44.2 Å². The normalized spacial score (nSPS) is 18.0. The molecule has 0 aromatic heterocycles. The fourth-order valence-electron chi connectivity index (χ4n) is 4.17. The molecule has 1 atom stereocenters. The number of carbonyl (C=O) groups is 2. The molecule has 2 amide bonds. The minimum absolute atomic E-state index is 0.0112. The van der Waals surface area contributed by atoms with Gasteiger partial charge >= 0.3 is 0 Å². The summed E-state index contributed by atoms with van der Waals surface area (Å²) in [4.78, 5) is 27.1. The molecule has 0 saturated heterocycles. The molecule has 7 nitrogen and oxygen atoms in total. The third-order valence-electron chi connectivity index (χ3n) is 6.38. The lowest BCUT2D eigenvalue weighted by molar-refractivity contribution is -0.120. The third-order valence-corrected chi connectivity index (χ3v) is 8.18. The van der Waals surface area contributed by atoms with Gasteiger partial charge in [0.05, 0.1) is 11.4 Å². The molecule has 1 saturated carbocycles. The van der Waals surface area contributed by atoms with Gasteiger partial charge in [-0.15, -0.1) is 0 Å². The van der Waals surface area contributed by atoms with E-state index in [2.05, 4.69) is 5.32 Å². The van der Waals surface area contributed by atoms with E-state index >= 15 is 0 Å². The Labute approximate surface area is 189 Å². The Morgan fingerprint density at radius 2 is 1.88 bits per heavy atom. The SMILES string of the molecule is Cc1cccc(NC(=O)CN(C)S(=O)(=O)c2ccc3c(c2)CC(C)N3C(=O)C2CC2)c1C. The van der Waals surface area contributed by atoms with Crippen LogP contribution in [0.25, 0.3) is 0 Å². The van der Waals surface area contributed by atoms with Crippen LogP contribution in [0.1, 0.15) is 36.5 Å². The summed E-state index contributed by atoms with van der Waals surface area (Å²) in [6.07, 6.45) is 2.48. The minimum Gasteiger partial charge on any atom is -0.325 e. The molecule has 2 aromatic carbocycles. The van der Waals surface area contributed by atoms with Crippen molar-refractivity contribution in [2.75, 3.05) is 23.8 Å².